The quantitative estimate of drug-likeness (QED) is 0.474. The Bertz CT molecular complexity index is 1470. The molecule has 2 amide bonds. The van der Waals surface area contributed by atoms with E-state index >= 15 is 0 Å². The number of likely N-dealkylation sites (tertiary alicyclic amines) is 1. The lowest BCUT2D eigenvalue weighted by Gasteiger charge is -2.45. The van der Waals surface area contributed by atoms with Crippen LogP contribution in [-0.2, 0) is 27.2 Å². The minimum absolute atomic E-state index is 0.0426. The van der Waals surface area contributed by atoms with Crippen molar-refractivity contribution in [3.05, 3.63) is 69.1 Å². The second-order valence-electron chi connectivity index (χ2n) is 11.9. The van der Waals surface area contributed by atoms with Crippen LogP contribution < -0.4 is 16.3 Å². The fourth-order valence-corrected chi connectivity index (χ4v) is 5.08. The maximum absolute atomic E-state index is 13.7. The van der Waals surface area contributed by atoms with Gasteiger partial charge in [0.15, 0.2) is 0 Å². The van der Waals surface area contributed by atoms with Crippen LogP contribution in [0, 0.1) is 10.8 Å². The van der Waals surface area contributed by atoms with Crippen molar-refractivity contribution in [3.8, 4) is 0 Å². The zero-order valence-electron chi connectivity index (χ0n) is 22.6. The van der Waals surface area contributed by atoms with Crippen molar-refractivity contribution in [2.24, 2.45) is 10.8 Å². The molecule has 2 saturated heterocycles. The van der Waals surface area contributed by atoms with Gasteiger partial charge in [-0.2, -0.15) is 0 Å². The Labute approximate surface area is 232 Å². The summed E-state index contributed by atoms with van der Waals surface area (Å²) in [5, 5.41) is 3.93. The molecule has 0 bridgehead atoms. The molecule has 0 unspecified atom stereocenters. The summed E-state index contributed by atoms with van der Waals surface area (Å²) < 4.78 is 13.3. The molecule has 0 spiro atoms. The van der Waals surface area contributed by atoms with Crippen molar-refractivity contribution in [1.82, 2.24) is 19.8 Å². The molecule has 2 aromatic heterocycles. The highest BCUT2D eigenvalue weighted by molar-refractivity contribution is 6.64. The molecule has 2 fully saturated rings. The molecule has 2 aliphatic rings. The van der Waals surface area contributed by atoms with Crippen LogP contribution in [0.5, 0.6) is 0 Å². The molecule has 3 aromatic rings. The lowest BCUT2D eigenvalue weighted by atomic mass is 9.74. The van der Waals surface area contributed by atoms with Gasteiger partial charge in [0.1, 0.15) is 17.8 Å². The summed E-state index contributed by atoms with van der Waals surface area (Å²) in [7, 11) is -0.689. The number of rotatable bonds is 6. The molecule has 4 heterocycles. The summed E-state index contributed by atoms with van der Waals surface area (Å²) in [6.45, 7) is 10.5. The van der Waals surface area contributed by atoms with Crippen molar-refractivity contribution in [2.75, 3.05) is 26.3 Å². The zero-order valence-corrected chi connectivity index (χ0v) is 23.4. The van der Waals surface area contributed by atoms with Crippen molar-refractivity contribution in [2.45, 2.75) is 40.8 Å². The molecule has 2 aliphatic heterocycles. The number of nitrogens with zero attached hydrogens (tertiary/aromatic N) is 3. The maximum atomic E-state index is 13.7. The van der Waals surface area contributed by atoms with Gasteiger partial charge in [-0.25, -0.2) is 4.98 Å². The number of carbonyl (C=O) groups excluding carboxylic acids is 2. The summed E-state index contributed by atoms with van der Waals surface area (Å²) in [5.41, 5.74) is 1.02. The molecule has 5 rings (SSSR count). The van der Waals surface area contributed by atoms with E-state index in [4.69, 9.17) is 20.9 Å². The van der Waals surface area contributed by atoms with Gasteiger partial charge in [0.25, 0.3) is 11.5 Å². The van der Waals surface area contributed by atoms with Gasteiger partial charge in [0.05, 0.1) is 0 Å². The van der Waals surface area contributed by atoms with Gasteiger partial charge in [-0.15, -0.1) is 0 Å². The fourth-order valence-electron chi connectivity index (χ4n) is 4.95. The van der Waals surface area contributed by atoms with Crippen molar-refractivity contribution < 1.29 is 18.9 Å². The van der Waals surface area contributed by atoms with Gasteiger partial charge >= 0.3 is 7.12 Å². The second kappa shape index (κ2) is 10.4. The molecule has 0 atom stereocenters. The van der Waals surface area contributed by atoms with Crippen LogP contribution in [0.1, 0.15) is 43.6 Å². The van der Waals surface area contributed by atoms with Crippen LogP contribution in [-0.4, -0.2) is 59.7 Å². The Hall–Kier alpha value is -3.21. The highest BCUT2D eigenvalue weighted by Gasteiger charge is 2.38. The average Bonchev–Trinajstić information content (AvgIpc) is 2.88. The SMILES string of the molecule is CC1(C)COB(c2ccnc3c2cc(C(=O)NCc2ccc(Cl)cc2)c(=O)n3CC(=O)N2CC(C)(C)C2)OC1. The minimum Gasteiger partial charge on any atom is -0.407 e. The minimum atomic E-state index is -0.689. The number of amides is 2. The third-order valence-corrected chi connectivity index (χ3v) is 7.27. The van der Waals surface area contributed by atoms with E-state index in [9.17, 15) is 14.4 Å². The van der Waals surface area contributed by atoms with Crippen molar-refractivity contribution in [1.29, 1.82) is 0 Å². The summed E-state index contributed by atoms with van der Waals surface area (Å²) in [6.07, 6.45) is 1.57. The van der Waals surface area contributed by atoms with E-state index in [-0.39, 0.29) is 35.4 Å². The molecule has 1 aromatic carbocycles. The maximum Gasteiger partial charge on any atom is 0.494 e. The highest BCUT2D eigenvalue weighted by Crippen LogP contribution is 2.29. The van der Waals surface area contributed by atoms with Gasteiger partial charge in [-0.1, -0.05) is 51.4 Å². The van der Waals surface area contributed by atoms with Crippen LogP contribution in [0.2, 0.25) is 5.02 Å². The lowest BCUT2D eigenvalue weighted by Crippen LogP contribution is -2.56. The van der Waals surface area contributed by atoms with Gasteiger partial charge in [-0.05, 0) is 40.7 Å². The van der Waals surface area contributed by atoms with Crippen LogP contribution >= 0.6 is 11.6 Å². The van der Waals surface area contributed by atoms with E-state index in [0.717, 1.165) is 5.56 Å². The summed E-state index contributed by atoms with van der Waals surface area (Å²) in [5.74, 6) is -0.750. The smallest absolute Gasteiger partial charge is 0.407 e. The number of nitrogens with one attached hydrogen (secondary N) is 1. The predicted molar refractivity (Wildman–Crippen MR) is 150 cm³/mol. The molecular weight excluding hydrogens is 519 g/mol. The fraction of sp³-hybridized carbons (Fsp3) is 0.429. The summed E-state index contributed by atoms with van der Waals surface area (Å²) >= 11 is 5.96. The number of aromatic nitrogens is 2. The third kappa shape index (κ3) is 5.88. The number of hydrogen-bond acceptors (Lipinski definition) is 6. The van der Waals surface area contributed by atoms with Gasteiger partial charge in [-0.3, -0.25) is 19.0 Å². The van der Waals surface area contributed by atoms with E-state index in [1.165, 1.54) is 10.6 Å². The van der Waals surface area contributed by atoms with Crippen LogP contribution in [0.3, 0.4) is 0 Å². The highest BCUT2D eigenvalue weighted by atomic mass is 35.5. The standard InChI is InChI=1S/C28H32BClN4O5/c1-27(2)14-33(15-27)23(35)13-34-24-20(22(9-10-31-24)29-38-16-28(3,4)17-39-29)11-21(26(34)37)25(36)32-12-18-5-7-19(30)8-6-18/h5-11H,12-17H2,1-4H3,(H,32,36). The van der Waals surface area contributed by atoms with Crippen LogP contribution in [0.4, 0.5) is 0 Å². The van der Waals surface area contributed by atoms with Gasteiger partial charge < -0.3 is 19.5 Å². The Morgan fingerprint density at radius 1 is 1.05 bits per heavy atom. The Kier molecular flexibility index (Phi) is 7.30. The molecular formula is C28H32BClN4O5. The third-order valence-electron chi connectivity index (χ3n) is 7.02. The summed E-state index contributed by atoms with van der Waals surface area (Å²) in [4.78, 5) is 46.3. The van der Waals surface area contributed by atoms with E-state index in [0.29, 0.717) is 47.8 Å². The lowest BCUT2D eigenvalue weighted by molar-refractivity contribution is -0.142. The van der Waals surface area contributed by atoms with E-state index in [2.05, 4.69) is 38.0 Å². The normalized spacial score (nSPS) is 18.1. The molecule has 0 aliphatic carbocycles. The first-order chi connectivity index (χ1) is 18.4. The first kappa shape index (κ1) is 27.4. The van der Waals surface area contributed by atoms with Gasteiger partial charge in [0.2, 0.25) is 5.91 Å². The van der Waals surface area contributed by atoms with Crippen LogP contribution in [0.25, 0.3) is 11.0 Å². The molecule has 1 N–H and O–H groups in total. The molecule has 11 heteroatoms. The van der Waals surface area contributed by atoms with E-state index < -0.39 is 18.6 Å². The zero-order chi connectivity index (χ0) is 27.9. The number of hydrogen-bond donors (Lipinski definition) is 1. The number of pyridine rings is 2. The molecule has 204 valence electrons. The molecule has 0 radical (unpaired) electrons. The monoisotopic (exact) mass is 550 g/mol. The van der Waals surface area contributed by atoms with E-state index in [1.807, 2.05) is 0 Å². The Morgan fingerprint density at radius 3 is 2.36 bits per heavy atom. The first-order valence-electron chi connectivity index (χ1n) is 13.0. The number of fused-ring (bicyclic) bond motifs is 1. The van der Waals surface area contributed by atoms with Crippen LogP contribution in [0.15, 0.2) is 47.4 Å². The largest absolute Gasteiger partial charge is 0.494 e. The Balaban J connectivity index is 1.52. The molecule has 9 nitrogen and oxygen atoms in total. The average molecular weight is 551 g/mol. The number of halogens is 1. The molecule has 39 heavy (non-hydrogen) atoms. The van der Waals surface area contributed by atoms with Gasteiger partial charge in [0, 0.05) is 54.9 Å². The topological polar surface area (TPSA) is 103 Å². The first-order valence-corrected chi connectivity index (χ1v) is 13.4. The van der Waals surface area contributed by atoms with E-state index in [1.54, 1.807) is 41.4 Å². The number of carbonyl (C=O) groups is 2. The molecule has 0 saturated carbocycles. The van der Waals surface area contributed by atoms with Crippen molar-refractivity contribution >= 4 is 47.0 Å². The predicted octanol–water partition coefficient (Wildman–Crippen LogP) is 2.62. The van der Waals surface area contributed by atoms with Crippen molar-refractivity contribution in [3.63, 3.8) is 0 Å². The summed E-state index contributed by atoms with van der Waals surface area (Å²) in [6, 6.07) is 10.4. The Morgan fingerprint density at radius 2 is 1.72 bits per heavy atom. The second-order valence-corrected chi connectivity index (χ2v) is 12.4. The number of benzene rings is 1.